The minimum absolute atomic E-state index is 0.375. The summed E-state index contributed by atoms with van der Waals surface area (Å²) in [7, 11) is 1.25. The first-order chi connectivity index (χ1) is 12.2. The number of Topliss-reactive ketones (excluding diaryl/α,β-unsaturated/α-hetero) is 1. The highest BCUT2D eigenvalue weighted by Gasteiger charge is 2.29. The summed E-state index contributed by atoms with van der Waals surface area (Å²) < 4.78 is 6.82. The lowest BCUT2D eigenvalue weighted by Gasteiger charge is -2.33. The smallest absolute Gasteiger partial charge is 0.379 e. The number of hydrogen-bond acceptors (Lipinski definition) is 4. The third-order valence-electron chi connectivity index (χ3n) is 5.52. The van der Waals surface area contributed by atoms with E-state index in [1.807, 2.05) is 30.5 Å². The number of carbonyl (C=O) groups excluding carboxylic acids is 2. The molecular formula is C20H24N2O3. The lowest BCUT2D eigenvalue weighted by atomic mass is 10.0. The first-order valence-electron chi connectivity index (χ1n) is 9.12. The van der Waals surface area contributed by atoms with Gasteiger partial charge in [-0.15, -0.1) is 0 Å². The number of esters is 1. The molecular weight excluding hydrogens is 316 g/mol. The van der Waals surface area contributed by atoms with Crippen molar-refractivity contribution in [3.05, 3.63) is 36.0 Å². The van der Waals surface area contributed by atoms with Crippen LogP contribution in [0.15, 0.2) is 30.5 Å². The largest absolute Gasteiger partial charge is 0.463 e. The molecule has 25 heavy (non-hydrogen) atoms. The monoisotopic (exact) mass is 340 g/mol. The fourth-order valence-corrected chi connectivity index (χ4v) is 3.94. The molecule has 1 saturated heterocycles. The SMILES string of the molecule is COC(=O)C(=O)c1cn(C2CCN(CC3CC3)CC2)c2ccccc12. The predicted octanol–water partition coefficient (Wildman–Crippen LogP) is 3.04. The van der Waals surface area contributed by atoms with E-state index in [9.17, 15) is 9.59 Å². The molecule has 2 fully saturated rings. The van der Waals surface area contributed by atoms with Gasteiger partial charge < -0.3 is 14.2 Å². The zero-order valence-electron chi connectivity index (χ0n) is 14.6. The molecule has 1 aromatic heterocycles. The number of fused-ring (bicyclic) bond motifs is 1. The molecule has 0 N–H and O–H groups in total. The molecule has 0 amide bonds. The van der Waals surface area contributed by atoms with Gasteiger partial charge >= 0.3 is 5.97 Å². The summed E-state index contributed by atoms with van der Waals surface area (Å²) >= 11 is 0. The number of rotatable bonds is 5. The molecule has 1 aliphatic heterocycles. The van der Waals surface area contributed by atoms with Crippen molar-refractivity contribution in [2.24, 2.45) is 5.92 Å². The Morgan fingerprint density at radius 1 is 1.12 bits per heavy atom. The lowest BCUT2D eigenvalue weighted by Crippen LogP contribution is -2.35. The quantitative estimate of drug-likeness (QED) is 0.477. The maximum atomic E-state index is 12.4. The number of carbonyl (C=O) groups is 2. The van der Waals surface area contributed by atoms with Crippen molar-refractivity contribution >= 4 is 22.7 Å². The number of ketones is 1. The van der Waals surface area contributed by atoms with Gasteiger partial charge in [-0.05, 0) is 37.7 Å². The number of ether oxygens (including phenoxy) is 1. The van der Waals surface area contributed by atoms with Crippen molar-refractivity contribution < 1.29 is 14.3 Å². The average Bonchev–Trinajstić information content (AvgIpc) is 3.38. The first kappa shape index (κ1) is 16.3. The number of hydrogen-bond donors (Lipinski definition) is 0. The highest BCUT2D eigenvalue weighted by molar-refractivity contribution is 6.43. The third kappa shape index (κ3) is 3.21. The van der Waals surface area contributed by atoms with Crippen molar-refractivity contribution in [1.29, 1.82) is 0 Å². The fourth-order valence-electron chi connectivity index (χ4n) is 3.94. The van der Waals surface area contributed by atoms with Crippen molar-refractivity contribution in [1.82, 2.24) is 9.47 Å². The van der Waals surface area contributed by atoms with Gasteiger partial charge in [0.25, 0.3) is 5.78 Å². The van der Waals surface area contributed by atoms with Crippen LogP contribution in [0.3, 0.4) is 0 Å². The minimum atomic E-state index is -0.804. The summed E-state index contributed by atoms with van der Waals surface area (Å²) in [6, 6.07) is 8.19. The molecule has 2 heterocycles. The van der Waals surface area contributed by atoms with Crippen LogP contribution >= 0.6 is 0 Å². The number of nitrogens with zero attached hydrogens (tertiary/aromatic N) is 2. The van der Waals surface area contributed by atoms with Crippen molar-refractivity contribution in [3.63, 3.8) is 0 Å². The van der Waals surface area contributed by atoms with Crippen molar-refractivity contribution in [2.45, 2.75) is 31.7 Å². The molecule has 0 spiro atoms. The van der Waals surface area contributed by atoms with E-state index in [1.165, 1.54) is 26.5 Å². The summed E-state index contributed by atoms with van der Waals surface area (Å²) in [5, 5.41) is 0.832. The summed E-state index contributed by atoms with van der Waals surface area (Å²) in [5.74, 6) is -0.445. The predicted molar refractivity (Wildman–Crippen MR) is 95.7 cm³/mol. The van der Waals surface area contributed by atoms with Gasteiger partial charge in [-0.2, -0.15) is 0 Å². The van der Waals surface area contributed by atoms with Gasteiger partial charge in [-0.3, -0.25) is 4.79 Å². The standard InChI is InChI=1S/C20H24N2O3/c1-25-20(24)19(23)17-13-22(18-5-3-2-4-16(17)18)15-8-10-21(11-9-15)12-14-6-7-14/h2-5,13-15H,6-12H2,1H3. The zero-order valence-corrected chi connectivity index (χ0v) is 14.6. The molecule has 0 unspecified atom stereocenters. The van der Waals surface area contributed by atoms with E-state index in [0.29, 0.717) is 11.6 Å². The maximum Gasteiger partial charge on any atom is 0.379 e. The molecule has 2 aromatic rings. The van der Waals surface area contributed by atoms with Crippen LogP contribution in [0.1, 0.15) is 42.1 Å². The van der Waals surface area contributed by atoms with Gasteiger partial charge in [0.05, 0.1) is 12.7 Å². The van der Waals surface area contributed by atoms with Gasteiger partial charge in [-0.25, -0.2) is 4.79 Å². The minimum Gasteiger partial charge on any atom is -0.463 e. The lowest BCUT2D eigenvalue weighted by molar-refractivity contribution is -0.135. The zero-order chi connectivity index (χ0) is 17.4. The summed E-state index contributed by atoms with van der Waals surface area (Å²) in [6.07, 6.45) is 6.79. The van der Waals surface area contributed by atoms with E-state index in [-0.39, 0.29) is 0 Å². The molecule has 132 valence electrons. The van der Waals surface area contributed by atoms with Crippen LogP contribution in [-0.4, -0.2) is 48.0 Å². The highest BCUT2D eigenvalue weighted by atomic mass is 16.5. The number of methoxy groups -OCH3 is 1. The summed E-state index contributed by atoms with van der Waals surface area (Å²) in [5.41, 5.74) is 1.47. The fraction of sp³-hybridized carbons (Fsp3) is 0.500. The molecule has 4 rings (SSSR count). The van der Waals surface area contributed by atoms with Crippen LogP contribution in [-0.2, 0) is 9.53 Å². The summed E-state index contributed by atoms with van der Waals surface area (Å²) in [4.78, 5) is 26.6. The molecule has 1 saturated carbocycles. The number of piperidine rings is 1. The van der Waals surface area contributed by atoms with E-state index in [1.54, 1.807) is 0 Å². The normalized spacial score (nSPS) is 19.2. The Hall–Kier alpha value is -2.14. The van der Waals surface area contributed by atoms with E-state index in [4.69, 9.17) is 0 Å². The Kier molecular flexibility index (Phi) is 4.34. The second-order valence-corrected chi connectivity index (χ2v) is 7.26. The van der Waals surface area contributed by atoms with E-state index < -0.39 is 11.8 Å². The molecule has 1 aliphatic carbocycles. The molecule has 0 atom stereocenters. The Balaban J connectivity index is 1.59. The van der Waals surface area contributed by atoms with Crippen LogP contribution < -0.4 is 0 Å². The number of aromatic nitrogens is 1. The number of para-hydroxylation sites is 1. The number of benzene rings is 1. The van der Waals surface area contributed by atoms with Crippen molar-refractivity contribution in [3.8, 4) is 0 Å². The maximum absolute atomic E-state index is 12.4. The second kappa shape index (κ2) is 6.64. The molecule has 0 radical (unpaired) electrons. The van der Waals surface area contributed by atoms with E-state index in [2.05, 4.69) is 14.2 Å². The van der Waals surface area contributed by atoms with Gasteiger partial charge in [-0.1, -0.05) is 18.2 Å². The van der Waals surface area contributed by atoms with Crippen LogP contribution in [0.4, 0.5) is 0 Å². The molecule has 5 nitrogen and oxygen atoms in total. The Morgan fingerprint density at radius 3 is 2.52 bits per heavy atom. The third-order valence-corrected chi connectivity index (χ3v) is 5.52. The molecule has 2 aliphatic rings. The van der Waals surface area contributed by atoms with Gasteiger partial charge in [0.1, 0.15) is 0 Å². The van der Waals surface area contributed by atoms with Crippen LogP contribution in [0.5, 0.6) is 0 Å². The Morgan fingerprint density at radius 2 is 1.84 bits per heavy atom. The summed E-state index contributed by atoms with van der Waals surface area (Å²) in [6.45, 7) is 3.45. The molecule has 0 bridgehead atoms. The van der Waals surface area contributed by atoms with E-state index >= 15 is 0 Å². The van der Waals surface area contributed by atoms with Crippen molar-refractivity contribution in [2.75, 3.05) is 26.7 Å². The Bertz CT molecular complexity index is 798. The topological polar surface area (TPSA) is 51.5 Å². The highest BCUT2D eigenvalue weighted by Crippen LogP contribution is 2.34. The first-order valence-corrected chi connectivity index (χ1v) is 9.12. The van der Waals surface area contributed by atoms with Crippen LogP contribution in [0, 0.1) is 5.92 Å². The van der Waals surface area contributed by atoms with E-state index in [0.717, 1.165) is 42.8 Å². The molecule has 1 aromatic carbocycles. The van der Waals surface area contributed by atoms with Gasteiger partial charge in [0.2, 0.25) is 0 Å². The number of likely N-dealkylation sites (tertiary alicyclic amines) is 1. The molecule has 5 heteroatoms. The Labute approximate surface area is 147 Å². The van der Waals surface area contributed by atoms with Gasteiger partial charge in [0.15, 0.2) is 0 Å². The average molecular weight is 340 g/mol. The second-order valence-electron chi connectivity index (χ2n) is 7.26. The van der Waals surface area contributed by atoms with Crippen LogP contribution in [0.25, 0.3) is 10.9 Å². The van der Waals surface area contributed by atoms with Gasteiger partial charge in [0, 0.05) is 42.8 Å². The van der Waals surface area contributed by atoms with Crippen LogP contribution in [0.2, 0.25) is 0 Å².